The van der Waals surface area contributed by atoms with Crippen molar-refractivity contribution >= 4 is 5.78 Å². The number of hydrogen-bond acceptors (Lipinski definition) is 2. The maximum Gasteiger partial charge on any atom is 0.196 e. The molecule has 0 unspecified atom stereocenters. The van der Waals surface area contributed by atoms with Crippen LogP contribution in [0.15, 0.2) is 41.0 Å². The van der Waals surface area contributed by atoms with Crippen molar-refractivity contribution in [2.75, 3.05) is 0 Å². The minimum Gasteiger partial charge on any atom is -0.469 e. The predicted molar refractivity (Wildman–Crippen MR) is 58.1 cm³/mol. The largest absolute Gasteiger partial charge is 0.469 e. The van der Waals surface area contributed by atoms with E-state index in [9.17, 15) is 4.79 Å². The van der Waals surface area contributed by atoms with E-state index in [-0.39, 0.29) is 5.78 Å². The summed E-state index contributed by atoms with van der Waals surface area (Å²) in [6.45, 7) is 3.73. The summed E-state index contributed by atoms with van der Waals surface area (Å²) in [5.41, 5.74) is 2.37. The maximum atomic E-state index is 12.1. The molecule has 15 heavy (non-hydrogen) atoms. The average molecular weight is 200 g/mol. The monoisotopic (exact) mass is 200 g/mol. The highest BCUT2D eigenvalue weighted by atomic mass is 16.3. The highest BCUT2D eigenvalue weighted by molar-refractivity contribution is 6.10. The Kier molecular flexibility index (Phi) is 2.42. The zero-order valence-electron chi connectivity index (χ0n) is 8.78. The summed E-state index contributed by atoms with van der Waals surface area (Å²) in [6.07, 6.45) is 1.54. The number of hydrogen-bond donors (Lipinski definition) is 0. The summed E-state index contributed by atoms with van der Waals surface area (Å²) >= 11 is 0. The first-order valence-electron chi connectivity index (χ1n) is 4.84. The van der Waals surface area contributed by atoms with Crippen LogP contribution in [-0.4, -0.2) is 5.78 Å². The summed E-state index contributed by atoms with van der Waals surface area (Å²) in [7, 11) is 0. The molecule has 2 aromatic rings. The van der Waals surface area contributed by atoms with Crippen LogP contribution >= 0.6 is 0 Å². The first-order valence-corrected chi connectivity index (χ1v) is 4.84. The molecule has 2 rings (SSSR count). The van der Waals surface area contributed by atoms with Crippen molar-refractivity contribution in [3.8, 4) is 0 Å². The molecule has 0 saturated heterocycles. The Bertz CT molecular complexity index is 495. The van der Waals surface area contributed by atoms with Gasteiger partial charge in [0.2, 0.25) is 0 Å². The number of benzene rings is 1. The van der Waals surface area contributed by atoms with Crippen LogP contribution in [0.1, 0.15) is 27.2 Å². The molecule has 0 amide bonds. The number of rotatable bonds is 2. The molecule has 2 heteroatoms. The molecule has 0 aliphatic heterocycles. The van der Waals surface area contributed by atoms with E-state index in [1.807, 2.05) is 31.2 Å². The van der Waals surface area contributed by atoms with E-state index in [0.717, 1.165) is 11.1 Å². The molecule has 0 radical (unpaired) electrons. The van der Waals surface area contributed by atoms with Crippen molar-refractivity contribution in [1.29, 1.82) is 0 Å². The predicted octanol–water partition coefficient (Wildman–Crippen LogP) is 3.13. The Hall–Kier alpha value is -1.83. The van der Waals surface area contributed by atoms with E-state index in [2.05, 4.69) is 0 Å². The molecule has 1 aromatic carbocycles. The van der Waals surface area contributed by atoms with E-state index in [4.69, 9.17) is 4.42 Å². The molecule has 0 spiro atoms. The van der Waals surface area contributed by atoms with Crippen LogP contribution in [0.5, 0.6) is 0 Å². The van der Waals surface area contributed by atoms with Gasteiger partial charge in [-0.3, -0.25) is 4.79 Å². The standard InChI is InChI=1S/C13H12O2/c1-9-5-3-4-6-11(9)13(14)12-7-8-15-10(12)2/h3-8H,1-2H3. The Morgan fingerprint density at radius 3 is 2.40 bits per heavy atom. The SMILES string of the molecule is Cc1ccccc1C(=O)c1ccoc1C. The van der Waals surface area contributed by atoms with Crippen LogP contribution in [-0.2, 0) is 0 Å². The molecular formula is C13H12O2. The van der Waals surface area contributed by atoms with Gasteiger partial charge >= 0.3 is 0 Å². The summed E-state index contributed by atoms with van der Waals surface area (Å²) in [4.78, 5) is 12.1. The highest BCUT2D eigenvalue weighted by Crippen LogP contribution is 2.17. The van der Waals surface area contributed by atoms with E-state index < -0.39 is 0 Å². The van der Waals surface area contributed by atoms with Crippen molar-refractivity contribution in [1.82, 2.24) is 0 Å². The number of aryl methyl sites for hydroxylation is 2. The van der Waals surface area contributed by atoms with E-state index in [0.29, 0.717) is 11.3 Å². The zero-order valence-corrected chi connectivity index (χ0v) is 8.78. The lowest BCUT2D eigenvalue weighted by Crippen LogP contribution is -2.03. The van der Waals surface area contributed by atoms with Crippen LogP contribution in [0.2, 0.25) is 0 Å². The van der Waals surface area contributed by atoms with Crippen LogP contribution in [0.25, 0.3) is 0 Å². The second kappa shape index (κ2) is 3.73. The lowest BCUT2D eigenvalue weighted by Gasteiger charge is -2.02. The minimum atomic E-state index is 0.0272. The second-order valence-electron chi connectivity index (χ2n) is 3.53. The fourth-order valence-corrected chi connectivity index (χ4v) is 1.59. The Morgan fingerprint density at radius 2 is 1.80 bits per heavy atom. The van der Waals surface area contributed by atoms with Crippen LogP contribution in [0.4, 0.5) is 0 Å². The number of carbonyl (C=O) groups excluding carboxylic acids is 1. The number of ketones is 1. The van der Waals surface area contributed by atoms with Crippen molar-refractivity contribution in [3.05, 3.63) is 59.0 Å². The van der Waals surface area contributed by atoms with Gasteiger partial charge in [-0.05, 0) is 25.5 Å². The van der Waals surface area contributed by atoms with Gasteiger partial charge in [-0.1, -0.05) is 24.3 Å². The summed E-state index contributed by atoms with van der Waals surface area (Å²) in [5.74, 6) is 0.697. The van der Waals surface area contributed by atoms with Gasteiger partial charge in [-0.15, -0.1) is 0 Å². The molecule has 0 N–H and O–H groups in total. The van der Waals surface area contributed by atoms with Gasteiger partial charge in [0.15, 0.2) is 5.78 Å². The number of furan rings is 1. The van der Waals surface area contributed by atoms with Gasteiger partial charge in [0.1, 0.15) is 5.76 Å². The molecule has 0 atom stereocenters. The molecule has 0 saturated carbocycles. The fourth-order valence-electron chi connectivity index (χ4n) is 1.59. The quantitative estimate of drug-likeness (QED) is 0.697. The Balaban J connectivity index is 2.46. The molecule has 0 fully saturated rings. The fraction of sp³-hybridized carbons (Fsp3) is 0.154. The van der Waals surface area contributed by atoms with Crippen molar-refractivity contribution < 1.29 is 9.21 Å². The smallest absolute Gasteiger partial charge is 0.196 e. The topological polar surface area (TPSA) is 30.2 Å². The Labute approximate surface area is 88.5 Å². The third-order valence-corrected chi connectivity index (χ3v) is 2.49. The molecule has 0 aliphatic carbocycles. The maximum absolute atomic E-state index is 12.1. The Morgan fingerprint density at radius 1 is 1.07 bits per heavy atom. The molecule has 2 nitrogen and oxygen atoms in total. The van der Waals surface area contributed by atoms with Crippen molar-refractivity contribution in [3.63, 3.8) is 0 Å². The first-order chi connectivity index (χ1) is 7.20. The third kappa shape index (κ3) is 1.71. The number of carbonyl (C=O) groups is 1. The van der Waals surface area contributed by atoms with Gasteiger partial charge < -0.3 is 4.42 Å². The van der Waals surface area contributed by atoms with Crippen LogP contribution in [0.3, 0.4) is 0 Å². The zero-order chi connectivity index (χ0) is 10.8. The third-order valence-electron chi connectivity index (χ3n) is 2.49. The van der Waals surface area contributed by atoms with Crippen LogP contribution < -0.4 is 0 Å². The molecule has 1 heterocycles. The first kappa shape index (κ1) is 9.71. The molecule has 0 aliphatic rings. The van der Waals surface area contributed by atoms with E-state index in [1.165, 1.54) is 0 Å². The average Bonchev–Trinajstić information content (AvgIpc) is 2.64. The van der Waals surface area contributed by atoms with Crippen molar-refractivity contribution in [2.24, 2.45) is 0 Å². The summed E-state index contributed by atoms with van der Waals surface area (Å²) < 4.78 is 5.13. The van der Waals surface area contributed by atoms with Crippen molar-refractivity contribution in [2.45, 2.75) is 13.8 Å². The highest BCUT2D eigenvalue weighted by Gasteiger charge is 2.14. The van der Waals surface area contributed by atoms with Gasteiger partial charge in [0.25, 0.3) is 0 Å². The second-order valence-corrected chi connectivity index (χ2v) is 3.53. The van der Waals surface area contributed by atoms with E-state index >= 15 is 0 Å². The van der Waals surface area contributed by atoms with Gasteiger partial charge in [0.05, 0.1) is 11.8 Å². The van der Waals surface area contributed by atoms with Crippen LogP contribution in [0, 0.1) is 13.8 Å². The van der Waals surface area contributed by atoms with Gasteiger partial charge in [-0.25, -0.2) is 0 Å². The molecular weight excluding hydrogens is 188 g/mol. The van der Waals surface area contributed by atoms with Gasteiger partial charge in [0, 0.05) is 5.56 Å². The minimum absolute atomic E-state index is 0.0272. The van der Waals surface area contributed by atoms with E-state index in [1.54, 1.807) is 19.3 Å². The normalized spacial score (nSPS) is 10.3. The lowest BCUT2D eigenvalue weighted by molar-refractivity contribution is 0.103. The summed E-state index contributed by atoms with van der Waals surface area (Å²) in [5, 5.41) is 0. The lowest BCUT2D eigenvalue weighted by atomic mass is 10.00. The molecule has 0 bridgehead atoms. The summed E-state index contributed by atoms with van der Waals surface area (Å²) in [6, 6.07) is 9.28. The van der Waals surface area contributed by atoms with Gasteiger partial charge in [-0.2, -0.15) is 0 Å². The molecule has 1 aromatic heterocycles. The molecule has 76 valence electrons.